The molecule has 0 aromatic heterocycles. The van der Waals surface area contributed by atoms with Gasteiger partial charge in [0.2, 0.25) is 6.71 Å². The number of nitrogens with zero attached hydrogens (tertiary/aromatic N) is 1. The number of hydrogen-bond donors (Lipinski definition) is 0. The van der Waals surface area contributed by atoms with E-state index in [0.717, 1.165) is 22.9 Å². The summed E-state index contributed by atoms with van der Waals surface area (Å²) in [6.45, 7) is 7.01. The fourth-order valence-electron chi connectivity index (χ4n) is 4.94. The van der Waals surface area contributed by atoms with Gasteiger partial charge in [0.1, 0.15) is 0 Å². The Kier molecular flexibility index (Phi) is 3.85. The minimum absolute atomic E-state index is 0.0846. The average Bonchev–Trinajstić information content (AvgIpc) is 2.78. The summed E-state index contributed by atoms with van der Waals surface area (Å²) in [4.78, 5) is 2.39. The lowest BCUT2D eigenvalue weighted by atomic mass is 9.35. The lowest BCUT2D eigenvalue weighted by molar-refractivity contribution is 0.477. The molecule has 4 aromatic rings. The van der Waals surface area contributed by atoms with Crippen molar-refractivity contribution in [2.45, 2.75) is 26.2 Å². The molecule has 6 rings (SSSR count). The summed E-state index contributed by atoms with van der Waals surface area (Å²) < 4.78 is 6.36. The summed E-state index contributed by atoms with van der Waals surface area (Å²) in [5.74, 6) is 1.82. The molecule has 0 saturated heterocycles. The molecule has 3 heteroatoms. The highest BCUT2D eigenvalue weighted by Gasteiger charge is 2.40. The van der Waals surface area contributed by atoms with E-state index in [0.29, 0.717) is 0 Å². The maximum absolute atomic E-state index is 6.36. The Morgan fingerprint density at radius 2 is 1.42 bits per heavy atom. The van der Waals surface area contributed by atoms with E-state index in [9.17, 15) is 0 Å². The molecule has 31 heavy (non-hydrogen) atoms. The first-order valence-corrected chi connectivity index (χ1v) is 10.9. The number of anilines is 3. The highest BCUT2D eigenvalue weighted by Crippen LogP contribution is 2.50. The molecular weight excluding hydrogens is 377 g/mol. The molecule has 0 radical (unpaired) electrons. The molecule has 150 valence electrons. The minimum Gasteiger partial charge on any atom is -0.453 e. The van der Waals surface area contributed by atoms with Gasteiger partial charge in [-0.15, -0.1) is 0 Å². The maximum Gasteiger partial charge on any atom is 0.246 e. The molecule has 0 amide bonds. The summed E-state index contributed by atoms with van der Waals surface area (Å²) in [6, 6.07) is 32.6. The fraction of sp³-hybridized carbons (Fsp3) is 0.143. The van der Waals surface area contributed by atoms with Crippen molar-refractivity contribution >= 4 is 40.2 Å². The molecule has 0 fully saturated rings. The first-order chi connectivity index (χ1) is 15.0. The Bertz CT molecular complexity index is 1310. The summed E-state index contributed by atoms with van der Waals surface area (Å²) in [5, 5.41) is 0. The lowest BCUT2D eigenvalue weighted by Crippen LogP contribution is -2.57. The fourth-order valence-corrected chi connectivity index (χ4v) is 4.94. The first kappa shape index (κ1) is 18.3. The van der Waals surface area contributed by atoms with Crippen molar-refractivity contribution in [1.29, 1.82) is 0 Å². The highest BCUT2D eigenvalue weighted by molar-refractivity contribution is 6.98. The summed E-state index contributed by atoms with van der Waals surface area (Å²) in [6.07, 6.45) is 0. The molecule has 0 atom stereocenters. The van der Waals surface area contributed by atoms with Gasteiger partial charge in [-0.1, -0.05) is 93.0 Å². The smallest absolute Gasteiger partial charge is 0.246 e. The largest absolute Gasteiger partial charge is 0.453 e. The van der Waals surface area contributed by atoms with Crippen molar-refractivity contribution in [2.75, 3.05) is 4.90 Å². The molecule has 2 aliphatic rings. The van der Waals surface area contributed by atoms with E-state index in [1.165, 1.54) is 27.6 Å². The van der Waals surface area contributed by atoms with E-state index >= 15 is 0 Å². The van der Waals surface area contributed by atoms with Crippen LogP contribution in [0.5, 0.6) is 11.5 Å². The normalized spacial score (nSPS) is 13.8. The average molecular weight is 401 g/mol. The zero-order chi connectivity index (χ0) is 21.2. The highest BCUT2D eigenvalue weighted by atomic mass is 16.5. The number of benzene rings is 4. The van der Waals surface area contributed by atoms with Gasteiger partial charge in [0, 0.05) is 5.69 Å². The van der Waals surface area contributed by atoms with Gasteiger partial charge >= 0.3 is 0 Å². The maximum atomic E-state index is 6.36. The van der Waals surface area contributed by atoms with Crippen LogP contribution in [0.2, 0.25) is 0 Å². The van der Waals surface area contributed by atoms with E-state index in [-0.39, 0.29) is 12.1 Å². The molecule has 0 unspecified atom stereocenters. The molecule has 0 aliphatic carbocycles. The van der Waals surface area contributed by atoms with Gasteiger partial charge in [-0.3, -0.25) is 0 Å². The van der Waals surface area contributed by atoms with E-state index in [1.54, 1.807) is 0 Å². The topological polar surface area (TPSA) is 12.5 Å². The third-order valence-electron chi connectivity index (χ3n) is 6.47. The second kappa shape index (κ2) is 6.52. The quantitative estimate of drug-likeness (QED) is 0.343. The van der Waals surface area contributed by atoms with Gasteiger partial charge in [0.05, 0.1) is 11.4 Å². The van der Waals surface area contributed by atoms with Crippen LogP contribution in [0.1, 0.15) is 26.3 Å². The van der Waals surface area contributed by atoms with Crippen molar-refractivity contribution in [3.63, 3.8) is 0 Å². The number of fused-ring (bicyclic) bond motifs is 4. The van der Waals surface area contributed by atoms with Crippen molar-refractivity contribution in [3.05, 3.63) is 96.6 Å². The molecule has 0 spiro atoms. The van der Waals surface area contributed by atoms with Crippen molar-refractivity contribution in [3.8, 4) is 11.5 Å². The van der Waals surface area contributed by atoms with Crippen LogP contribution in [0.15, 0.2) is 91.0 Å². The number of rotatable bonds is 1. The Morgan fingerprint density at radius 3 is 2.23 bits per heavy atom. The molecule has 2 nitrogen and oxygen atoms in total. The first-order valence-electron chi connectivity index (χ1n) is 10.9. The van der Waals surface area contributed by atoms with Crippen LogP contribution >= 0.6 is 0 Å². The van der Waals surface area contributed by atoms with Gasteiger partial charge < -0.3 is 9.64 Å². The SMILES string of the molecule is CC(C)(C)c1ccc2c(c1)B(c1ccccc1)c1cccc3c1N2c1ccccc1O3. The number of ether oxygens (including phenoxy) is 1. The van der Waals surface area contributed by atoms with Crippen LogP contribution in [0.4, 0.5) is 17.1 Å². The Labute approximate surface area is 184 Å². The molecule has 0 bridgehead atoms. The second-order valence-corrected chi connectivity index (χ2v) is 9.47. The van der Waals surface area contributed by atoms with Gasteiger partial charge in [0.25, 0.3) is 0 Å². The Morgan fingerprint density at radius 1 is 0.677 bits per heavy atom. The lowest BCUT2D eigenvalue weighted by Gasteiger charge is -2.41. The predicted molar refractivity (Wildman–Crippen MR) is 131 cm³/mol. The monoisotopic (exact) mass is 401 g/mol. The number of hydrogen-bond acceptors (Lipinski definition) is 2. The van der Waals surface area contributed by atoms with E-state index in [2.05, 4.69) is 111 Å². The molecule has 0 N–H and O–H groups in total. The number of para-hydroxylation sites is 3. The van der Waals surface area contributed by atoms with Crippen molar-refractivity contribution in [1.82, 2.24) is 0 Å². The zero-order valence-electron chi connectivity index (χ0n) is 18.1. The van der Waals surface area contributed by atoms with Crippen LogP contribution in [0.3, 0.4) is 0 Å². The Hall–Kier alpha value is -3.46. The zero-order valence-corrected chi connectivity index (χ0v) is 18.1. The predicted octanol–water partition coefficient (Wildman–Crippen LogP) is 5.39. The minimum atomic E-state index is 0.0846. The van der Waals surface area contributed by atoms with Crippen LogP contribution in [-0.2, 0) is 5.41 Å². The molecular formula is C28H24BNO. The second-order valence-electron chi connectivity index (χ2n) is 9.47. The summed E-state index contributed by atoms with van der Waals surface area (Å²) in [5.41, 5.74) is 8.87. The van der Waals surface area contributed by atoms with Crippen LogP contribution < -0.4 is 26.0 Å². The molecule has 4 aromatic carbocycles. The summed E-state index contributed by atoms with van der Waals surface area (Å²) >= 11 is 0. The summed E-state index contributed by atoms with van der Waals surface area (Å²) in [7, 11) is 0. The molecule has 0 saturated carbocycles. The standard InChI is InChI=1S/C28H24BNO/c1-28(2,3)19-16-17-23-22(18-19)29(20-10-5-4-6-11-20)21-12-9-15-26-27(21)30(23)24-13-7-8-14-25(24)31-26/h4-18H,1-3H3. The molecule has 2 aliphatic heterocycles. The van der Waals surface area contributed by atoms with Gasteiger partial charge in [-0.05, 0) is 46.2 Å². The Balaban J connectivity index is 1.69. The van der Waals surface area contributed by atoms with Gasteiger partial charge in [-0.25, -0.2) is 0 Å². The third kappa shape index (κ3) is 2.73. The van der Waals surface area contributed by atoms with Crippen LogP contribution in [0.25, 0.3) is 0 Å². The van der Waals surface area contributed by atoms with Crippen LogP contribution in [0, 0.1) is 0 Å². The van der Waals surface area contributed by atoms with E-state index in [1.807, 2.05) is 6.07 Å². The van der Waals surface area contributed by atoms with Gasteiger partial charge in [0.15, 0.2) is 11.5 Å². The van der Waals surface area contributed by atoms with Crippen molar-refractivity contribution in [2.24, 2.45) is 0 Å². The van der Waals surface area contributed by atoms with Gasteiger partial charge in [-0.2, -0.15) is 0 Å². The van der Waals surface area contributed by atoms with E-state index < -0.39 is 0 Å². The van der Waals surface area contributed by atoms with Crippen molar-refractivity contribution < 1.29 is 4.74 Å². The third-order valence-corrected chi connectivity index (χ3v) is 6.47. The molecule has 2 heterocycles. The van der Waals surface area contributed by atoms with E-state index in [4.69, 9.17) is 4.74 Å². The van der Waals surface area contributed by atoms with Crippen LogP contribution in [-0.4, -0.2) is 6.71 Å².